The van der Waals surface area contributed by atoms with Crippen LogP contribution in [0.15, 0.2) is 24.3 Å². The summed E-state index contributed by atoms with van der Waals surface area (Å²) in [6, 6.07) is 8.20. The minimum absolute atomic E-state index is 0.0275. The van der Waals surface area contributed by atoms with Crippen molar-refractivity contribution in [1.82, 2.24) is 5.32 Å². The number of carbonyl (C=O) groups is 1. The SMILES string of the molecule is CCCC(CCC)C(=O)NC1c2ccccc2CC1Cl. The van der Waals surface area contributed by atoms with E-state index in [1.54, 1.807) is 0 Å². The van der Waals surface area contributed by atoms with Crippen molar-refractivity contribution in [2.24, 2.45) is 5.92 Å². The molecule has 1 aromatic carbocycles. The van der Waals surface area contributed by atoms with Crippen LogP contribution in [0.4, 0.5) is 0 Å². The molecule has 0 heterocycles. The fourth-order valence-electron chi connectivity index (χ4n) is 3.09. The van der Waals surface area contributed by atoms with Gasteiger partial charge in [0.05, 0.1) is 11.4 Å². The van der Waals surface area contributed by atoms with Gasteiger partial charge in [-0.25, -0.2) is 0 Å². The number of carbonyl (C=O) groups excluding carboxylic acids is 1. The predicted molar refractivity (Wildman–Crippen MR) is 84.0 cm³/mol. The van der Waals surface area contributed by atoms with Crippen LogP contribution in [0.3, 0.4) is 0 Å². The van der Waals surface area contributed by atoms with Gasteiger partial charge in [0.2, 0.25) is 5.91 Å². The Morgan fingerprint density at radius 2 is 1.95 bits per heavy atom. The van der Waals surface area contributed by atoms with E-state index in [4.69, 9.17) is 11.6 Å². The second-order valence-electron chi connectivity index (χ2n) is 5.68. The lowest BCUT2D eigenvalue weighted by Gasteiger charge is -2.22. The molecule has 1 aliphatic carbocycles. The highest BCUT2D eigenvalue weighted by molar-refractivity contribution is 6.21. The van der Waals surface area contributed by atoms with Crippen LogP contribution in [-0.4, -0.2) is 11.3 Å². The zero-order valence-electron chi connectivity index (χ0n) is 12.4. The van der Waals surface area contributed by atoms with Gasteiger partial charge in [-0.1, -0.05) is 51.0 Å². The van der Waals surface area contributed by atoms with E-state index < -0.39 is 0 Å². The molecule has 2 unspecified atom stereocenters. The predicted octanol–water partition coefficient (Wildman–Crippen LogP) is 4.22. The van der Waals surface area contributed by atoms with E-state index in [-0.39, 0.29) is 23.2 Å². The van der Waals surface area contributed by atoms with Gasteiger partial charge >= 0.3 is 0 Å². The molecule has 1 amide bonds. The summed E-state index contributed by atoms with van der Waals surface area (Å²) >= 11 is 6.43. The third-order valence-electron chi connectivity index (χ3n) is 4.11. The van der Waals surface area contributed by atoms with E-state index in [1.807, 2.05) is 12.1 Å². The monoisotopic (exact) mass is 293 g/mol. The number of rotatable bonds is 6. The highest BCUT2D eigenvalue weighted by Crippen LogP contribution is 2.35. The molecule has 110 valence electrons. The second-order valence-corrected chi connectivity index (χ2v) is 6.24. The molecular weight excluding hydrogens is 270 g/mol. The molecule has 3 heteroatoms. The topological polar surface area (TPSA) is 29.1 Å². The maximum absolute atomic E-state index is 12.5. The average molecular weight is 294 g/mol. The Kier molecular flexibility index (Phi) is 5.47. The van der Waals surface area contributed by atoms with E-state index in [2.05, 4.69) is 31.3 Å². The lowest BCUT2D eigenvalue weighted by atomic mass is 9.96. The molecular formula is C17H24ClNO. The molecule has 2 atom stereocenters. The van der Waals surface area contributed by atoms with Crippen molar-refractivity contribution < 1.29 is 4.79 Å². The number of hydrogen-bond donors (Lipinski definition) is 1. The van der Waals surface area contributed by atoms with Crippen molar-refractivity contribution in [2.75, 3.05) is 0 Å². The largest absolute Gasteiger partial charge is 0.348 e. The van der Waals surface area contributed by atoms with E-state index in [9.17, 15) is 4.79 Å². The Labute approximate surface area is 126 Å². The van der Waals surface area contributed by atoms with Gasteiger partial charge in [0.25, 0.3) is 0 Å². The van der Waals surface area contributed by atoms with E-state index in [0.717, 1.165) is 32.1 Å². The van der Waals surface area contributed by atoms with Gasteiger partial charge in [-0.3, -0.25) is 4.79 Å². The Morgan fingerprint density at radius 1 is 1.30 bits per heavy atom. The lowest BCUT2D eigenvalue weighted by molar-refractivity contribution is -0.126. The van der Waals surface area contributed by atoms with Crippen LogP contribution in [0, 0.1) is 5.92 Å². The van der Waals surface area contributed by atoms with Gasteiger partial charge in [0.1, 0.15) is 0 Å². The van der Waals surface area contributed by atoms with Crippen molar-refractivity contribution in [3.8, 4) is 0 Å². The minimum atomic E-state index is -0.0309. The van der Waals surface area contributed by atoms with Crippen LogP contribution >= 0.6 is 11.6 Å². The Morgan fingerprint density at radius 3 is 2.60 bits per heavy atom. The molecule has 20 heavy (non-hydrogen) atoms. The minimum Gasteiger partial charge on any atom is -0.348 e. The van der Waals surface area contributed by atoms with Crippen LogP contribution in [-0.2, 0) is 11.2 Å². The molecule has 0 fully saturated rings. The maximum Gasteiger partial charge on any atom is 0.223 e. The third kappa shape index (κ3) is 3.35. The number of benzene rings is 1. The molecule has 1 N–H and O–H groups in total. The number of hydrogen-bond acceptors (Lipinski definition) is 1. The lowest BCUT2D eigenvalue weighted by Crippen LogP contribution is -2.36. The number of halogens is 1. The highest BCUT2D eigenvalue weighted by Gasteiger charge is 2.33. The first kappa shape index (κ1) is 15.4. The van der Waals surface area contributed by atoms with Gasteiger partial charge in [-0.05, 0) is 30.4 Å². The second kappa shape index (κ2) is 7.12. The summed E-state index contributed by atoms with van der Waals surface area (Å²) in [7, 11) is 0. The fraction of sp³-hybridized carbons (Fsp3) is 0.588. The van der Waals surface area contributed by atoms with Crippen LogP contribution in [0.25, 0.3) is 0 Å². The molecule has 0 aliphatic heterocycles. The normalized spacial score (nSPS) is 21.0. The molecule has 0 saturated heterocycles. The average Bonchev–Trinajstić information content (AvgIpc) is 2.75. The van der Waals surface area contributed by atoms with Crippen LogP contribution in [0.5, 0.6) is 0 Å². The Hall–Kier alpha value is -1.02. The van der Waals surface area contributed by atoms with E-state index in [0.29, 0.717) is 0 Å². The van der Waals surface area contributed by atoms with Gasteiger partial charge in [0.15, 0.2) is 0 Å². The van der Waals surface area contributed by atoms with Crippen molar-refractivity contribution in [3.05, 3.63) is 35.4 Å². The molecule has 2 nitrogen and oxygen atoms in total. The number of fused-ring (bicyclic) bond motifs is 1. The molecule has 1 aromatic rings. The molecule has 1 aliphatic rings. The first-order chi connectivity index (χ1) is 9.67. The van der Waals surface area contributed by atoms with E-state index in [1.165, 1.54) is 11.1 Å². The number of amides is 1. The summed E-state index contributed by atoms with van der Waals surface area (Å²) in [5.74, 6) is 0.294. The smallest absolute Gasteiger partial charge is 0.223 e. The zero-order valence-corrected chi connectivity index (χ0v) is 13.1. The van der Waals surface area contributed by atoms with Gasteiger partial charge in [-0.15, -0.1) is 11.6 Å². The molecule has 0 radical (unpaired) electrons. The van der Waals surface area contributed by atoms with Crippen molar-refractivity contribution in [3.63, 3.8) is 0 Å². The maximum atomic E-state index is 12.5. The standard InChI is InChI=1S/C17H24ClNO/c1-3-7-12(8-4-2)17(20)19-16-14-10-6-5-9-13(14)11-15(16)18/h5-6,9-10,12,15-16H,3-4,7-8,11H2,1-2H3,(H,19,20). The van der Waals surface area contributed by atoms with Gasteiger partial charge in [0, 0.05) is 5.92 Å². The molecule has 2 rings (SSSR count). The van der Waals surface area contributed by atoms with E-state index >= 15 is 0 Å². The fourth-order valence-corrected chi connectivity index (χ4v) is 3.45. The quantitative estimate of drug-likeness (QED) is 0.782. The first-order valence-electron chi connectivity index (χ1n) is 7.69. The van der Waals surface area contributed by atoms with Gasteiger partial charge < -0.3 is 5.32 Å². The number of alkyl halides is 1. The van der Waals surface area contributed by atoms with Crippen LogP contribution in [0.1, 0.15) is 56.7 Å². The summed E-state index contributed by atoms with van der Waals surface area (Å²) < 4.78 is 0. The summed E-state index contributed by atoms with van der Waals surface area (Å²) in [6.07, 6.45) is 4.85. The molecule has 0 spiro atoms. The Bertz CT molecular complexity index is 454. The summed E-state index contributed by atoms with van der Waals surface area (Å²) in [5, 5.41) is 3.16. The summed E-state index contributed by atoms with van der Waals surface area (Å²) in [6.45, 7) is 4.26. The zero-order chi connectivity index (χ0) is 14.5. The van der Waals surface area contributed by atoms with Gasteiger partial charge in [-0.2, -0.15) is 0 Å². The van der Waals surface area contributed by atoms with Crippen molar-refractivity contribution in [2.45, 2.75) is 57.4 Å². The van der Waals surface area contributed by atoms with Crippen LogP contribution in [0.2, 0.25) is 0 Å². The summed E-state index contributed by atoms with van der Waals surface area (Å²) in [5.41, 5.74) is 2.45. The highest BCUT2D eigenvalue weighted by atomic mass is 35.5. The third-order valence-corrected chi connectivity index (χ3v) is 4.52. The molecule has 0 aromatic heterocycles. The van der Waals surface area contributed by atoms with Crippen molar-refractivity contribution >= 4 is 17.5 Å². The summed E-state index contributed by atoms with van der Waals surface area (Å²) in [4.78, 5) is 12.5. The van der Waals surface area contributed by atoms with Crippen LogP contribution < -0.4 is 5.32 Å². The van der Waals surface area contributed by atoms with Crippen molar-refractivity contribution in [1.29, 1.82) is 0 Å². The Balaban J connectivity index is 2.07. The molecule has 0 saturated carbocycles. The number of nitrogens with one attached hydrogen (secondary N) is 1. The molecule has 0 bridgehead atoms. The first-order valence-corrected chi connectivity index (χ1v) is 8.13.